The number of hydrogen-bond acceptors (Lipinski definition) is 4. The molecule has 0 unspecified atom stereocenters. The smallest absolute Gasteiger partial charge is 0.217 e. The van der Waals surface area contributed by atoms with Crippen LogP contribution in [0.2, 0.25) is 0 Å². The molecule has 0 spiro atoms. The zero-order chi connectivity index (χ0) is 16.6. The number of aryl methyl sites for hydroxylation is 1. The molecule has 0 aliphatic heterocycles. The average Bonchev–Trinajstić information content (AvgIpc) is 3.04. The maximum absolute atomic E-state index is 10.6. The van der Waals surface area contributed by atoms with Crippen LogP contribution in [0.5, 0.6) is 0 Å². The van der Waals surface area contributed by atoms with E-state index in [9.17, 15) is 4.79 Å². The van der Waals surface area contributed by atoms with Crippen molar-refractivity contribution in [2.75, 3.05) is 0 Å². The van der Waals surface area contributed by atoms with Crippen LogP contribution in [-0.4, -0.2) is 26.5 Å². The van der Waals surface area contributed by atoms with Crippen molar-refractivity contribution in [1.82, 2.24) is 20.6 Å². The third-order valence-corrected chi connectivity index (χ3v) is 4.21. The van der Waals surface area contributed by atoms with Gasteiger partial charge in [0.1, 0.15) is 0 Å². The molecule has 0 fully saturated rings. The van der Waals surface area contributed by atoms with Crippen molar-refractivity contribution in [1.29, 1.82) is 0 Å². The summed E-state index contributed by atoms with van der Waals surface area (Å²) in [6.45, 7) is 0. The molecule has 0 aromatic carbocycles. The minimum absolute atomic E-state index is 0.167. The molecule has 0 radical (unpaired) electrons. The number of carbonyl (C=O) groups excluding carboxylic acids is 1. The van der Waals surface area contributed by atoms with E-state index >= 15 is 0 Å². The van der Waals surface area contributed by atoms with Crippen LogP contribution in [-0.2, 0) is 11.2 Å². The highest BCUT2D eigenvalue weighted by atomic mass is 16.1. The maximum Gasteiger partial charge on any atom is 0.217 e. The van der Waals surface area contributed by atoms with E-state index in [4.69, 9.17) is 5.73 Å². The van der Waals surface area contributed by atoms with E-state index in [1.54, 1.807) is 0 Å². The third kappa shape index (κ3) is 12.7. The van der Waals surface area contributed by atoms with Crippen LogP contribution in [0, 0.1) is 0 Å². The number of H-pyrrole nitrogens is 1. The topological polar surface area (TPSA) is 97.5 Å². The summed E-state index contributed by atoms with van der Waals surface area (Å²) in [7, 11) is 0. The molecule has 1 aromatic rings. The van der Waals surface area contributed by atoms with Crippen molar-refractivity contribution in [2.24, 2.45) is 5.73 Å². The first-order chi connectivity index (χ1) is 11.3. The first kappa shape index (κ1) is 19.6. The highest BCUT2D eigenvalue weighted by Crippen LogP contribution is 2.13. The Morgan fingerprint density at radius 1 is 0.783 bits per heavy atom. The molecule has 1 aromatic heterocycles. The van der Waals surface area contributed by atoms with Gasteiger partial charge in [-0.2, -0.15) is 5.21 Å². The number of carbonyl (C=O) groups is 1. The van der Waals surface area contributed by atoms with E-state index in [1.807, 2.05) is 0 Å². The highest BCUT2D eigenvalue weighted by Gasteiger charge is 1.98. The number of amides is 1. The summed E-state index contributed by atoms with van der Waals surface area (Å²) in [4.78, 5) is 10.6. The molecule has 0 bridgehead atoms. The SMILES string of the molecule is NC(=O)CCCCCCCCCCCCCCCc1nn[nH]n1. The number of nitrogens with one attached hydrogen (secondary N) is 1. The van der Waals surface area contributed by atoms with Gasteiger partial charge < -0.3 is 5.73 Å². The summed E-state index contributed by atoms with van der Waals surface area (Å²) in [6.07, 6.45) is 18.0. The minimum atomic E-state index is -0.167. The monoisotopic (exact) mass is 323 g/mol. The van der Waals surface area contributed by atoms with Gasteiger partial charge >= 0.3 is 0 Å². The van der Waals surface area contributed by atoms with Crippen molar-refractivity contribution < 1.29 is 4.79 Å². The summed E-state index contributed by atoms with van der Waals surface area (Å²) in [5, 5.41) is 14.0. The Morgan fingerprint density at radius 3 is 1.70 bits per heavy atom. The molecule has 132 valence electrons. The number of primary amides is 1. The van der Waals surface area contributed by atoms with E-state index in [-0.39, 0.29) is 5.91 Å². The second-order valence-corrected chi connectivity index (χ2v) is 6.39. The quantitative estimate of drug-likeness (QED) is 0.453. The molecular weight excluding hydrogens is 290 g/mol. The van der Waals surface area contributed by atoms with E-state index in [0.717, 1.165) is 31.5 Å². The molecule has 3 N–H and O–H groups in total. The van der Waals surface area contributed by atoms with Gasteiger partial charge in [0.2, 0.25) is 5.91 Å². The molecule has 1 heterocycles. The van der Waals surface area contributed by atoms with Gasteiger partial charge in [-0.15, -0.1) is 10.2 Å². The predicted octanol–water partition coefficient (Wildman–Crippen LogP) is 3.69. The number of aromatic nitrogens is 4. The van der Waals surface area contributed by atoms with Gasteiger partial charge in [-0.3, -0.25) is 4.79 Å². The van der Waals surface area contributed by atoms with Gasteiger partial charge in [-0.1, -0.05) is 75.8 Å². The van der Waals surface area contributed by atoms with Crippen LogP contribution >= 0.6 is 0 Å². The number of rotatable bonds is 16. The van der Waals surface area contributed by atoms with Crippen molar-refractivity contribution in [3.63, 3.8) is 0 Å². The summed E-state index contributed by atoms with van der Waals surface area (Å²) in [5.74, 6) is 0.666. The second-order valence-electron chi connectivity index (χ2n) is 6.39. The zero-order valence-corrected chi connectivity index (χ0v) is 14.4. The molecule has 0 atom stereocenters. The lowest BCUT2D eigenvalue weighted by atomic mass is 10.0. The fraction of sp³-hybridized carbons (Fsp3) is 0.882. The van der Waals surface area contributed by atoms with Crippen LogP contribution < -0.4 is 5.73 Å². The van der Waals surface area contributed by atoms with Crippen molar-refractivity contribution >= 4 is 5.91 Å². The fourth-order valence-electron chi connectivity index (χ4n) is 2.82. The predicted molar refractivity (Wildman–Crippen MR) is 91.7 cm³/mol. The number of aromatic amines is 1. The molecule has 0 saturated carbocycles. The average molecular weight is 323 g/mol. The lowest BCUT2D eigenvalue weighted by Crippen LogP contribution is -2.09. The molecule has 6 nitrogen and oxygen atoms in total. The van der Waals surface area contributed by atoms with Gasteiger partial charge in [-0.05, 0) is 12.8 Å². The number of nitrogens with zero attached hydrogens (tertiary/aromatic N) is 3. The van der Waals surface area contributed by atoms with Crippen LogP contribution in [0.15, 0.2) is 0 Å². The molecule has 0 aliphatic carbocycles. The summed E-state index contributed by atoms with van der Waals surface area (Å²) >= 11 is 0. The summed E-state index contributed by atoms with van der Waals surface area (Å²) in [5.41, 5.74) is 5.11. The Hall–Kier alpha value is -1.46. The van der Waals surface area contributed by atoms with Crippen LogP contribution in [0.3, 0.4) is 0 Å². The van der Waals surface area contributed by atoms with Crippen molar-refractivity contribution in [3.8, 4) is 0 Å². The van der Waals surface area contributed by atoms with Crippen LogP contribution in [0.4, 0.5) is 0 Å². The Balaban J connectivity index is 1.69. The van der Waals surface area contributed by atoms with Gasteiger partial charge in [0.15, 0.2) is 5.82 Å². The first-order valence-electron chi connectivity index (χ1n) is 9.29. The largest absolute Gasteiger partial charge is 0.370 e. The molecule has 0 saturated heterocycles. The molecule has 1 amide bonds. The minimum Gasteiger partial charge on any atom is -0.370 e. The molecule has 1 rings (SSSR count). The van der Waals surface area contributed by atoms with Gasteiger partial charge in [0, 0.05) is 12.8 Å². The van der Waals surface area contributed by atoms with Crippen molar-refractivity contribution in [3.05, 3.63) is 5.82 Å². The fourth-order valence-corrected chi connectivity index (χ4v) is 2.82. The number of hydrogen-bond donors (Lipinski definition) is 2. The molecular formula is C17H33N5O. The first-order valence-corrected chi connectivity index (χ1v) is 9.29. The maximum atomic E-state index is 10.6. The lowest BCUT2D eigenvalue weighted by Gasteiger charge is -2.03. The van der Waals surface area contributed by atoms with Crippen LogP contribution in [0.25, 0.3) is 0 Å². The number of tetrazole rings is 1. The van der Waals surface area contributed by atoms with E-state index in [2.05, 4.69) is 20.6 Å². The lowest BCUT2D eigenvalue weighted by molar-refractivity contribution is -0.118. The van der Waals surface area contributed by atoms with Gasteiger partial charge in [0.05, 0.1) is 0 Å². The normalized spacial score (nSPS) is 11.0. The Labute approximate surface area is 140 Å². The van der Waals surface area contributed by atoms with Gasteiger partial charge in [0.25, 0.3) is 0 Å². The molecule has 0 aliphatic rings. The molecule has 6 heteroatoms. The number of unbranched alkanes of at least 4 members (excludes halogenated alkanes) is 12. The van der Waals surface area contributed by atoms with E-state index in [0.29, 0.717) is 6.42 Å². The Kier molecular flexibility index (Phi) is 12.1. The summed E-state index contributed by atoms with van der Waals surface area (Å²) in [6, 6.07) is 0. The van der Waals surface area contributed by atoms with Gasteiger partial charge in [-0.25, -0.2) is 0 Å². The van der Waals surface area contributed by atoms with E-state index < -0.39 is 0 Å². The third-order valence-electron chi connectivity index (χ3n) is 4.21. The number of nitrogens with two attached hydrogens (primary N) is 1. The summed E-state index contributed by atoms with van der Waals surface area (Å²) < 4.78 is 0. The second kappa shape index (κ2) is 14.2. The van der Waals surface area contributed by atoms with E-state index in [1.165, 1.54) is 64.2 Å². The Morgan fingerprint density at radius 2 is 1.26 bits per heavy atom. The molecule has 23 heavy (non-hydrogen) atoms. The highest BCUT2D eigenvalue weighted by molar-refractivity contribution is 5.73. The standard InChI is InChI=1S/C17H33N5O/c18-16(23)14-12-10-8-6-4-2-1-3-5-7-9-11-13-15-17-19-21-22-20-17/h1-15H2,(H2,18,23)(H,19,20,21,22). The Bertz CT molecular complexity index is 380. The van der Waals surface area contributed by atoms with Crippen LogP contribution in [0.1, 0.15) is 95.7 Å². The van der Waals surface area contributed by atoms with Crippen molar-refractivity contribution in [2.45, 2.75) is 96.3 Å². The zero-order valence-electron chi connectivity index (χ0n) is 14.4.